The van der Waals surface area contributed by atoms with Crippen LogP contribution in [0.5, 0.6) is 5.75 Å². The van der Waals surface area contributed by atoms with Gasteiger partial charge >= 0.3 is 5.97 Å². The quantitative estimate of drug-likeness (QED) is 0.574. The van der Waals surface area contributed by atoms with E-state index in [0.717, 1.165) is 0 Å². The van der Waals surface area contributed by atoms with Crippen LogP contribution in [0.4, 0.5) is 5.69 Å². The minimum atomic E-state index is -1.30. The second-order valence-corrected chi connectivity index (χ2v) is 6.73. The summed E-state index contributed by atoms with van der Waals surface area (Å²) in [5, 5.41) is 3.11. The third-order valence-electron chi connectivity index (χ3n) is 3.59. The van der Waals surface area contributed by atoms with Crippen molar-refractivity contribution in [3.63, 3.8) is 0 Å². The predicted molar refractivity (Wildman–Crippen MR) is 102 cm³/mol. The summed E-state index contributed by atoms with van der Waals surface area (Å²) >= 11 is 5.81. The topological polar surface area (TPSA) is 81.7 Å². The average Bonchev–Trinajstić information content (AvgIpc) is 2.61. The molecule has 7 heteroatoms. The molecular formula is C20H20ClNO5. The number of para-hydroxylation sites is 1. The van der Waals surface area contributed by atoms with Crippen molar-refractivity contribution >= 4 is 34.9 Å². The number of carbonyl (C=O) groups is 3. The fourth-order valence-corrected chi connectivity index (χ4v) is 2.36. The molecule has 2 aromatic carbocycles. The Bertz CT molecular complexity index is 846. The standard InChI is InChI=1S/C20H20ClNO5/c1-13(23)16-6-4-5-7-17(16)22-18(24)12-26-19(25)20(2,3)27-15-10-8-14(21)9-11-15/h4-11H,12H2,1-3H3,(H,22,24). The van der Waals surface area contributed by atoms with E-state index in [2.05, 4.69) is 5.32 Å². The zero-order valence-corrected chi connectivity index (χ0v) is 16.0. The number of hydrogen-bond acceptors (Lipinski definition) is 5. The van der Waals surface area contributed by atoms with Crippen LogP contribution in [0.25, 0.3) is 0 Å². The first-order chi connectivity index (χ1) is 12.7. The molecule has 0 spiro atoms. The van der Waals surface area contributed by atoms with E-state index in [1.165, 1.54) is 20.8 Å². The number of ether oxygens (including phenoxy) is 2. The third-order valence-corrected chi connectivity index (χ3v) is 3.85. The van der Waals surface area contributed by atoms with Gasteiger partial charge < -0.3 is 14.8 Å². The number of Topliss-reactive ketones (excluding diaryl/α,β-unsaturated/α-hetero) is 1. The SMILES string of the molecule is CC(=O)c1ccccc1NC(=O)COC(=O)C(C)(C)Oc1ccc(Cl)cc1. The summed E-state index contributed by atoms with van der Waals surface area (Å²) in [6.07, 6.45) is 0. The lowest BCUT2D eigenvalue weighted by Gasteiger charge is -2.24. The Morgan fingerprint density at radius 1 is 1.04 bits per heavy atom. The number of esters is 1. The third kappa shape index (κ3) is 5.82. The molecule has 0 saturated heterocycles. The number of halogens is 1. The van der Waals surface area contributed by atoms with Crippen molar-refractivity contribution in [2.45, 2.75) is 26.4 Å². The van der Waals surface area contributed by atoms with Crippen molar-refractivity contribution in [3.05, 3.63) is 59.1 Å². The summed E-state index contributed by atoms with van der Waals surface area (Å²) in [5.41, 5.74) is -0.558. The van der Waals surface area contributed by atoms with E-state index in [-0.39, 0.29) is 5.78 Å². The van der Waals surface area contributed by atoms with Crippen LogP contribution in [0.3, 0.4) is 0 Å². The largest absolute Gasteiger partial charge is 0.476 e. The van der Waals surface area contributed by atoms with Gasteiger partial charge in [0, 0.05) is 10.6 Å². The number of hydrogen-bond donors (Lipinski definition) is 1. The van der Waals surface area contributed by atoms with E-state index >= 15 is 0 Å². The second-order valence-electron chi connectivity index (χ2n) is 6.29. The molecule has 0 atom stereocenters. The molecule has 1 N–H and O–H groups in total. The van der Waals surface area contributed by atoms with Crippen LogP contribution in [-0.4, -0.2) is 29.9 Å². The van der Waals surface area contributed by atoms with Crippen molar-refractivity contribution in [2.75, 3.05) is 11.9 Å². The Balaban J connectivity index is 1.93. The van der Waals surface area contributed by atoms with Gasteiger partial charge in [0.05, 0.1) is 5.69 Å². The number of carbonyl (C=O) groups excluding carboxylic acids is 3. The Hall–Kier alpha value is -2.86. The van der Waals surface area contributed by atoms with Crippen LogP contribution >= 0.6 is 11.6 Å². The lowest BCUT2D eigenvalue weighted by molar-refractivity contribution is -0.161. The molecular weight excluding hydrogens is 370 g/mol. The molecule has 0 heterocycles. The Morgan fingerprint density at radius 2 is 1.67 bits per heavy atom. The molecule has 6 nitrogen and oxygen atoms in total. The Labute approximate surface area is 162 Å². The summed E-state index contributed by atoms with van der Waals surface area (Å²) in [7, 11) is 0. The second kappa shape index (κ2) is 8.68. The van der Waals surface area contributed by atoms with E-state index < -0.39 is 24.1 Å². The van der Waals surface area contributed by atoms with E-state index in [1.54, 1.807) is 48.5 Å². The van der Waals surface area contributed by atoms with Crippen molar-refractivity contribution < 1.29 is 23.9 Å². The van der Waals surface area contributed by atoms with Gasteiger partial charge in [0.2, 0.25) is 0 Å². The average molecular weight is 390 g/mol. The smallest absolute Gasteiger partial charge is 0.350 e. The van der Waals surface area contributed by atoms with Crippen molar-refractivity contribution in [3.8, 4) is 5.75 Å². The molecule has 142 valence electrons. The highest BCUT2D eigenvalue weighted by Crippen LogP contribution is 2.22. The highest BCUT2D eigenvalue weighted by molar-refractivity contribution is 6.30. The lowest BCUT2D eigenvalue weighted by atomic mass is 10.1. The van der Waals surface area contributed by atoms with Gasteiger partial charge in [0.1, 0.15) is 5.75 Å². The first kappa shape index (κ1) is 20.5. The molecule has 0 saturated carbocycles. The molecule has 2 aromatic rings. The fraction of sp³-hybridized carbons (Fsp3) is 0.250. The van der Waals surface area contributed by atoms with Gasteiger partial charge in [-0.2, -0.15) is 0 Å². The van der Waals surface area contributed by atoms with Crippen molar-refractivity contribution in [1.29, 1.82) is 0 Å². The monoisotopic (exact) mass is 389 g/mol. The minimum Gasteiger partial charge on any atom is -0.476 e. The van der Waals surface area contributed by atoms with Gasteiger partial charge in [-0.15, -0.1) is 0 Å². The molecule has 0 bridgehead atoms. The molecule has 0 aliphatic rings. The van der Waals surface area contributed by atoms with E-state index in [0.29, 0.717) is 22.0 Å². The normalized spacial score (nSPS) is 10.8. The maximum atomic E-state index is 12.3. The van der Waals surface area contributed by atoms with Crippen LogP contribution in [-0.2, 0) is 14.3 Å². The van der Waals surface area contributed by atoms with E-state index in [4.69, 9.17) is 21.1 Å². The highest BCUT2D eigenvalue weighted by atomic mass is 35.5. The highest BCUT2D eigenvalue weighted by Gasteiger charge is 2.32. The van der Waals surface area contributed by atoms with Crippen molar-refractivity contribution in [2.24, 2.45) is 0 Å². The molecule has 0 fully saturated rings. The predicted octanol–water partition coefficient (Wildman–Crippen LogP) is 3.88. The number of anilines is 1. The van der Waals surface area contributed by atoms with Gasteiger partial charge in [0.15, 0.2) is 18.0 Å². The first-order valence-corrected chi connectivity index (χ1v) is 8.58. The summed E-state index contributed by atoms with van der Waals surface area (Å²) in [5.74, 6) is -0.992. The lowest BCUT2D eigenvalue weighted by Crippen LogP contribution is -2.41. The molecule has 2 rings (SSSR count). The molecule has 0 unspecified atom stereocenters. The molecule has 0 aromatic heterocycles. The van der Waals surface area contributed by atoms with Crippen LogP contribution in [0.1, 0.15) is 31.1 Å². The van der Waals surface area contributed by atoms with Crippen LogP contribution < -0.4 is 10.1 Å². The number of nitrogens with one attached hydrogen (secondary N) is 1. The summed E-state index contributed by atoms with van der Waals surface area (Å²) < 4.78 is 10.7. The number of amides is 1. The molecule has 27 heavy (non-hydrogen) atoms. The van der Waals surface area contributed by atoms with Gasteiger partial charge in [-0.3, -0.25) is 9.59 Å². The van der Waals surface area contributed by atoms with Gasteiger partial charge in [-0.1, -0.05) is 23.7 Å². The van der Waals surface area contributed by atoms with Gasteiger partial charge in [-0.05, 0) is 57.2 Å². The Kier molecular flexibility index (Phi) is 6.58. The van der Waals surface area contributed by atoms with Crippen LogP contribution in [0.2, 0.25) is 5.02 Å². The molecule has 0 aliphatic heterocycles. The summed E-state index contributed by atoms with van der Waals surface area (Å²) in [6.45, 7) is 3.97. The molecule has 0 radical (unpaired) electrons. The first-order valence-electron chi connectivity index (χ1n) is 8.20. The minimum absolute atomic E-state index is 0.180. The molecule has 1 amide bonds. The van der Waals surface area contributed by atoms with E-state index in [1.807, 2.05) is 0 Å². The molecule has 0 aliphatic carbocycles. The summed E-state index contributed by atoms with van der Waals surface area (Å²) in [4.78, 5) is 35.9. The van der Waals surface area contributed by atoms with Gasteiger partial charge in [0.25, 0.3) is 5.91 Å². The van der Waals surface area contributed by atoms with Crippen molar-refractivity contribution in [1.82, 2.24) is 0 Å². The van der Waals surface area contributed by atoms with Gasteiger partial charge in [-0.25, -0.2) is 4.79 Å². The number of rotatable bonds is 7. The zero-order chi connectivity index (χ0) is 20.0. The fourth-order valence-electron chi connectivity index (χ4n) is 2.23. The zero-order valence-electron chi connectivity index (χ0n) is 15.2. The number of ketones is 1. The number of benzene rings is 2. The van der Waals surface area contributed by atoms with E-state index in [9.17, 15) is 14.4 Å². The maximum absolute atomic E-state index is 12.3. The van der Waals surface area contributed by atoms with Crippen LogP contribution in [0.15, 0.2) is 48.5 Å². The summed E-state index contributed by atoms with van der Waals surface area (Å²) in [6, 6.07) is 13.1. The Morgan fingerprint density at radius 3 is 2.30 bits per heavy atom. The van der Waals surface area contributed by atoms with Crippen LogP contribution in [0, 0.1) is 0 Å². The maximum Gasteiger partial charge on any atom is 0.350 e.